The number of rotatable bonds is 9. The Bertz CT molecular complexity index is 2230. The molecule has 0 bridgehead atoms. The molecule has 0 spiro atoms. The molecule has 12 nitrogen and oxygen atoms in total. The molecule has 49 heavy (non-hydrogen) atoms. The number of benzene rings is 3. The van der Waals surface area contributed by atoms with Crippen LogP contribution in [-0.4, -0.2) is 66.3 Å². The fraction of sp³-hybridized carbons (Fsp3) is 0.257. The number of nitrogens with one attached hydrogen (secondary N) is 2. The molecule has 254 valence electrons. The van der Waals surface area contributed by atoms with Crippen molar-refractivity contribution in [2.45, 2.75) is 38.5 Å². The van der Waals surface area contributed by atoms with E-state index >= 15 is 0 Å². The Hall–Kier alpha value is -5.34. The van der Waals surface area contributed by atoms with E-state index in [-0.39, 0.29) is 46.0 Å². The highest BCUT2D eigenvalue weighted by Gasteiger charge is 2.26. The molecule has 0 saturated carbocycles. The first-order valence-electron chi connectivity index (χ1n) is 15.7. The van der Waals surface area contributed by atoms with E-state index in [9.17, 15) is 22.4 Å². The van der Waals surface area contributed by atoms with Crippen LogP contribution >= 0.6 is 0 Å². The molecule has 5 aromatic rings. The van der Waals surface area contributed by atoms with E-state index in [0.717, 1.165) is 45.3 Å². The summed E-state index contributed by atoms with van der Waals surface area (Å²) < 4.78 is 43.7. The summed E-state index contributed by atoms with van der Waals surface area (Å²) in [6, 6.07) is 14.5. The number of anilines is 5. The average molecular weight is 685 g/mol. The zero-order chi connectivity index (χ0) is 35.2. The van der Waals surface area contributed by atoms with Gasteiger partial charge in [-0.2, -0.15) is 9.97 Å². The molecule has 6 rings (SSSR count). The first-order chi connectivity index (χ1) is 23.2. The van der Waals surface area contributed by atoms with Crippen LogP contribution in [0.2, 0.25) is 0 Å². The van der Waals surface area contributed by atoms with E-state index in [1.54, 1.807) is 24.0 Å². The molecule has 3 aromatic carbocycles. The van der Waals surface area contributed by atoms with Gasteiger partial charge in [0.05, 0.1) is 28.1 Å². The average Bonchev–Trinajstić information content (AvgIpc) is 3.48. The highest BCUT2D eigenvalue weighted by molar-refractivity contribution is 7.90. The lowest BCUT2D eigenvalue weighted by Crippen LogP contribution is -2.40. The minimum Gasteiger partial charge on any atom is -0.365 e. The summed E-state index contributed by atoms with van der Waals surface area (Å²) in [5.41, 5.74) is 10.0. The Morgan fingerprint density at radius 2 is 1.71 bits per heavy atom. The highest BCUT2D eigenvalue weighted by Crippen LogP contribution is 2.36. The van der Waals surface area contributed by atoms with Crippen molar-refractivity contribution in [3.8, 4) is 0 Å². The van der Waals surface area contributed by atoms with Gasteiger partial charge in [0.2, 0.25) is 11.9 Å². The summed E-state index contributed by atoms with van der Waals surface area (Å²) in [4.78, 5) is 38.5. The number of amides is 2. The fourth-order valence-corrected chi connectivity index (χ4v) is 7.28. The van der Waals surface area contributed by atoms with Gasteiger partial charge < -0.3 is 26.2 Å². The Kier molecular flexibility index (Phi) is 8.86. The summed E-state index contributed by atoms with van der Waals surface area (Å²) >= 11 is 0. The van der Waals surface area contributed by atoms with Crippen molar-refractivity contribution in [2.75, 3.05) is 42.7 Å². The van der Waals surface area contributed by atoms with E-state index in [1.165, 1.54) is 30.5 Å². The van der Waals surface area contributed by atoms with Gasteiger partial charge in [0, 0.05) is 24.1 Å². The number of likely N-dealkylation sites (N-methyl/N-ethyl adjacent to an activating group) is 1. The zero-order valence-corrected chi connectivity index (χ0v) is 28.7. The summed E-state index contributed by atoms with van der Waals surface area (Å²) in [5.74, 6) is -1.69. The second kappa shape index (κ2) is 12.9. The lowest BCUT2D eigenvalue weighted by atomic mass is 9.98. The normalized spacial score (nSPS) is 13.1. The van der Waals surface area contributed by atoms with Crippen LogP contribution in [0.1, 0.15) is 39.0 Å². The molecule has 0 unspecified atom stereocenters. The van der Waals surface area contributed by atoms with Crippen molar-refractivity contribution in [1.29, 1.82) is 0 Å². The zero-order valence-electron chi connectivity index (χ0n) is 27.8. The number of carbonyl (C=O) groups is 2. The van der Waals surface area contributed by atoms with Gasteiger partial charge in [-0.1, -0.05) is 29.8 Å². The standard InChI is InChI=1S/C35H37FN8O4S/c1-20-8-11-24(12-9-20)49(47,48)44-16-14-25-33(39-31-21(2)10-13-26(36)30(31)32(37)46)40-35(41-34(25)44)38-27-18-28-23(17-22(27)3)7-6-15-43(28)29(45)19-42(4)5/h8-14,16-18H,6-7,15,19H2,1-5H3,(H2,37,46)(H2,38,39,40,41). The number of aromatic nitrogens is 3. The molecular weight excluding hydrogens is 648 g/mol. The van der Waals surface area contributed by atoms with Crippen LogP contribution in [-0.2, 0) is 21.2 Å². The molecule has 2 aromatic heterocycles. The number of hydrogen-bond donors (Lipinski definition) is 3. The number of carbonyl (C=O) groups excluding carboxylic acids is 2. The van der Waals surface area contributed by atoms with Crippen LogP contribution in [0, 0.1) is 26.6 Å². The van der Waals surface area contributed by atoms with Gasteiger partial charge >= 0.3 is 0 Å². The largest absolute Gasteiger partial charge is 0.365 e. The van der Waals surface area contributed by atoms with Crippen LogP contribution in [0.5, 0.6) is 0 Å². The monoisotopic (exact) mass is 684 g/mol. The van der Waals surface area contributed by atoms with Crippen LogP contribution in [0.25, 0.3) is 11.0 Å². The number of primary amides is 1. The Balaban J connectivity index is 1.51. The topological polar surface area (TPSA) is 156 Å². The molecule has 4 N–H and O–H groups in total. The lowest BCUT2D eigenvalue weighted by molar-refractivity contribution is -0.119. The smallest absolute Gasteiger partial charge is 0.269 e. The number of nitrogens with two attached hydrogens (primary N) is 1. The second-order valence-corrected chi connectivity index (χ2v) is 14.3. The summed E-state index contributed by atoms with van der Waals surface area (Å²) in [5, 5.41) is 6.58. The van der Waals surface area contributed by atoms with Gasteiger partial charge in [-0.3, -0.25) is 9.59 Å². The van der Waals surface area contributed by atoms with Gasteiger partial charge in [-0.25, -0.2) is 16.8 Å². The third kappa shape index (κ3) is 6.44. The van der Waals surface area contributed by atoms with Crippen molar-refractivity contribution in [3.05, 3.63) is 94.4 Å². The number of nitrogens with zero attached hydrogens (tertiary/aromatic N) is 5. The van der Waals surface area contributed by atoms with Crippen LogP contribution in [0.4, 0.5) is 33.2 Å². The summed E-state index contributed by atoms with van der Waals surface area (Å²) in [6.07, 6.45) is 3.03. The highest BCUT2D eigenvalue weighted by atomic mass is 32.2. The SMILES string of the molecule is Cc1ccc(S(=O)(=O)n2ccc3c(Nc4c(C)ccc(F)c4C(N)=O)nc(Nc4cc5c(cc4C)CCCN5C(=O)CN(C)C)nc32)cc1. The number of fused-ring (bicyclic) bond motifs is 2. The van der Waals surface area contributed by atoms with Crippen molar-refractivity contribution >= 4 is 61.7 Å². The van der Waals surface area contributed by atoms with Gasteiger partial charge in [0.15, 0.2) is 5.65 Å². The number of hydrogen-bond acceptors (Lipinski definition) is 9. The second-order valence-electron chi connectivity index (χ2n) is 12.5. The molecule has 1 aliphatic heterocycles. The molecule has 3 heterocycles. The van der Waals surface area contributed by atoms with Crippen LogP contribution < -0.4 is 21.3 Å². The number of halogens is 1. The quantitative estimate of drug-likeness (QED) is 0.191. The lowest BCUT2D eigenvalue weighted by Gasteiger charge is -2.31. The maximum atomic E-state index is 14.9. The number of aryl methyl sites for hydroxylation is 4. The molecule has 1 aliphatic rings. The molecule has 2 amide bonds. The Morgan fingerprint density at radius 3 is 2.41 bits per heavy atom. The van der Waals surface area contributed by atoms with E-state index < -0.39 is 21.7 Å². The maximum Gasteiger partial charge on any atom is 0.269 e. The van der Waals surface area contributed by atoms with Crippen LogP contribution in [0.3, 0.4) is 0 Å². The Labute approximate surface area is 283 Å². The predicted molar refractivity (Wildman–Crippen MR) is 188 cm³/mol. The van der Waals surface area contributed by atoms with E-state index in [2.05, 4.69) is 20.6 Å². The molecule has 0 atom stereocenters. The van der Waals surface area contributed by atoms with Gasteiger partial charge in [-0.05, 0) is 94.7 Å². The molecular formula is C35H37FN8O4S. The molecule has 0 saturated heterocycles. The Morgan fingerprint density at radius 1 is 0.980 bits per heavy atom. The first-order valence-corrected chi connectivity index (χ1v) is 17.1. The molecule has 0 aliphatic carbocycles. The summed E-state index contributed by atoms with van der Waals surface area (Å²) in [7, 11) is -0.426. The predicted octanol–water partition coefficient (Wildman–Crippen LogP) is 5.16. The third-order valence-electron chi connectivity index (χ3n) is 8.48. The minimum absolute atomic E-state index is 0.0220. The van der Waals surface area contributed by atoms with Gasteiger partial charge in [0.1, 0.15) is 11.6 Å². The van der Waals surface area contributed by atoms with Gasteiger partial charge in [-0.15, -0.1) is 0 Å². The van der Waals surface area contributed by atoms with Crippen molar-refractivity contribution in [2.24, 2.45) is 5.73 Å². The first kappa shape index (κ1) is 33.6. The fourth-order valence-electron chi connectivity index (χ4n) is 5.99. The van der Waals surface area contributed by atoms with E-state index in [0.29, 0.717) is 23.2 Å². The van der Waals surface area contributed by atoms with E-state index in [1.807, 2.05) is 45.0 Å². The molecule has 0 radical (unpaired) electrons. The van der Waals surface area contributed by atoms with Crippen molar-refractivity contribution in [3.63, 3.8) is 0 Å². The van der Waals surface area contributed by atoms with Crippen molar-refractivity contribution in [1.82, 2.24) is 18.8 Å². The van der Waals surface area contributed by atoms with Crippen LogP contribution in [0.15, 0.2) is 65.7 Å². The maximum absolute atomic E-state index is 14.9. The van der Waals surface area contributed by atoms with Crippen molar-refractivity contribution < 1.29 is 22.4 Å². The third-order valence-corrected chi connectivity index (χ3v) is 10.2. The van der Waals surface area contributed by atoms with E-state index in [4.69, 9.17) is 5.73 Å². The van der Waals surface area contributed by atoms with Gasteiger partial charge in [0.25, 0.3) is 15.9 Å². The summed E-state index contributed by atoms with van der Waals surface area (Å²) in [6.45, 7) is 6.29. The minimum atomic E-state index is -4.11. The molecule has 14 heteroatoms. The molecule has 0 fully saturated rings.